The van der Waals surface area contributed by atoms with Crippen LogP contribution in [0.5, 0.6) is 11.5 Å². The zero-order valence-electron chi connectivity index (χ0n) is 21.7. The summed E-state index contributed by atoms with van der Waals surface area (Å²) in [5, 5.41) is 9.86. The normalized spacial score (nSPS) is 11.8. The Morgan fingerprint density at radius 3 is 1.65 bits per heavy atom. The van der Waals surface area contributed by atoms with Gasteiger partial charge in [0.2, 0.25) is 12.2 Å². The van der Waals surface area contributed by atoms with E-state index in [1.807, 2.05) is 12.3 Å². The number of carboxylic acid groups (broad SMARTS) is 1. The molecule has 0 radical (unpaired) electrons. The maximum Gasteiger partial charge on any atom is 0.349 e. The summed E-state index contributed by atoms with van der Waals surface area (Å²) in [5.41, 5.74) is 5.07. The third-order valence-corrected chi connectivity index (χ3v) is 5.47. The maximum absolute atomic E-state index is 13.1. The van der Waals surface area contributed by atoms with E-state index in [1.165, 1.54) is 62.8 Å². The summed E-state index contributed by atoms with van der Waals surface area (Å²) >= 11 is 0. The SMILES string of the molecule is COc1cccc(C(=O)O[C@@H](C(=O)O)[C@@H](OC(=O)c2cccc(OC)c2)C(=O)NNC(=O)c2ccc(C)cc2)c1. The van der Waals surface area contributed by atoms with Crippen LogP contribution in [0.4, 0.5) is 0 Å². The number of amides is 2. The van der Waals surface area contributed by atoms with Crippen LogP contribution in [0.2, 0.25) is 0 Å². The Balaban J connectivity index is 1.87. The molecule has 0 saturated carbocycles. The molecule has 0 saturated heterocycles. The van der Waals surface area contributed by atoms with Crippen molar-refractivity contribution in [3.63, 3.8) is 0 Å². The van der Waals surface area contributed by atoms with Gasteiger partial charge in [0, 0.05) is 5.56 Å². The van der Waals surface area contributed by atoms with Crippen molar-refractivity contribution in [2.45, 2.75) is 19.1 Å². The number of benzene rings is 3. The number of carboxylic acids is 1. The molecule has 12 nitrogen and oxygen atoms in total. The molecule has 2 amide bonds. The highest BCUT2D eigenvalue weighted by molar-refractivity contribution is 5.99. The minimum Gasteiger partial charge on any atom is -0.497 e. The van der Waals surface area contributed by atoms with Gasteiger partial charge >= 0.3 is 17.9 Å². The third-order valence-electron chi connectivity index (χ3n) is 5.47. The molecule has 0 heterocycles. The summed E-state index contributed by atoms with van der Waals surface area (Å²) in [4.78, 5) is 63.4. The number of methoxy groups -OCH3 is 2. The molecule has 0 fully saturated rings. The van der Waals surface area contributed by atoms with Crippen molar-refractivity contribution in [3.05, 3.63) is 95.1 Å². The van der Waals surface area contributed by atoms with E-state index in [1.54, 1.807) is 24.3 Å². The minimum atomic E-state index is -2.30. The number of nitrogens with one attached hydrogen (secondary N) is 2. The number of esters is 2. The Kier molecular flexibility index (Phi) is 9.79. The molecule has 0 aliphatic rings. The molecule has 208 valence electrons. The first-order valence-corrected chi connectivity index (χ1v) is 11.7. The number of carbonyl (C=O) groups excluding carboxylic acids is 4. The van der Waals surface area contributed by atoms with Gasteiger partial charge in [0.1, 0.15) is 11.5 Å². The van der Waals surface area contributed by atoms with Gasteiger partial charge in [-0.05, 0) is 55.5 Å². The molecule has 3 aromatic carbocycles. The first-order valence-electron chi connectivity index (χ1n) is 11.7. The van der Waals surface area contributed by atoms with Crippen LogP contribution in [0.3, 0.4) is 0 Å². The average Bonchev–Trinajstić information content (AvgIpc) is 2.97. The van der Waals surface area contributed by atoms with Crippen LogP contribution >= 0.6 is 0 Å². The molecule has 3 rings (SSSR count). The lowest BCUT2D eigenvalue weighted by Gasteiger charge is -2.23. The molecule has 0 bridgehead atoms. The smallest absolute Gasteiger partial charge is 0.349 e. The molecule has 0 aliphatic carbocycles. The molecule has 0 unspecified atom stereocenters. The monoisotopic (exact) mass is 550 g/mol. The van der Waals surface area contributed by atoms with Crippen LogP contribution in [0.25, 0.3) is 0 Å². The van der Waals surface area contributed by atoms with Crippen LogP contribution in [0.1, 0.15) is 36.6 Å². The summed E-state index contributed by atoms with van der Waals surface area (Å²) in [7, 11) is 2.74. The van der Waals surface area contributed by atoms with Crippen LogP contribution in [-0.4, -0.2) is 61.3 Å². The quantitative estimate of drug-likeness (QED) is 0.252. The molecule has 3 aromatic rings. The van der Waals surface area contributed by atoms with E-state index in [4.69, 9.17) is 18.9 Å². The number of hydrogen-bond donors (Lipinski definition) is 3. The second-order valence-electron chi connectivity index (χ2n) is 8.26. The molecule has 12 heteroatoms. The third kappa shape index (κ3) is 7.57. The van der Waals surface area contributed by atoms with Gasteiger partial charge in [-0.15, -0.1) is 0 Å². The molecule has 0 aromatic heterocycles. The highest BCUT2D eigenvalue weighted by Crippen LogP contribution is 2.18. The van der Waals surface area contributed by atoms with Crippen molar-refractivity contribution >= 4 is 29.7 Å². The number of rotatable bonds is 10. The van der Waals surface area contributed by atoms with E-state index in [9.17, 15) is 29.1 Å². The molecular formula is C28H26N2O10. The lowest BCUT2D eigenvalue weighted by molar-refractivity contribution is -0.159. The van der Waals surface area contributed by atoms with E-state index >= 15 is 0 Å². The molecule has 40 heavy (non-hydrogen) atoms. The van der Waals surface area contributed by atoms with Crippen LogP contribution in [0, 0.1) is 6.92 Å². The van der Waals surface area contributed by atoms with Gasteiger partial charge in [0.15, 0.2) is 0 Å². The molecule has 0 spiro atoms. The molecule has 2 atom stereocenters. The van der Waals surface area contributed by atoms with Gasteiger partial charge in [0.05, 0.1) is 25.3 Å². The van der Waals surface area contributed by atoms with Gasteiger partial charge in [-0.1, -0.05) is 29.8 Å². The fourth-order valence-electron chi connectivity index (χ4n) is 3.33. The second-order valence-corrected chi connectivity index (χ2v) is 8.26. The number of aryl methyl sites for hydroxylation is 1. The molecule has 3 N–H and O–H groups in total. The predicted molar refractivity (Wildman–Crippen MR) is 139 cm³/mol. The van der Waals surface area contributed by atoms with E-state index in [0.29, 0.717) is 11.5 Å². The van der Waals surface area contributed by atoms with Crippen molar-refractivity contribution in [1.29, 1.82) is 0 Å². The van der Waals surface area contributed by atoms with E-state index < -0.39 is 41.9 Å². The first kappa shape index (κ1) is 29.2. The van der Waals surface area contributed by atoms with Gasteiger partial charge in [-0.2, -0.15) is 0 Å². The summed E-state index contributed by atoms with van der Waals surface area (Å²) < 4.78 is 20.4. The zero-order valence-corrected chi connectivity index (χ0v) is 21.7. The molecule has 0 aliphatic heterocycles. The van der Waals surface area contributed by atoms with E-state index in [0.717, 1.165) is 5.56 Å². The number of carbonyl (C=O) groups is 5. The predicted octanol–water partition coefficient (Wildman–Crippen LogP) is 2.31. The topological polar surface area (TPSA) is 167 Å². The molecular weight excluding hydrogens is 524 g/mol. The Hall–Kier alpha value is -5.39. The lowest BCUT2D eigenvalue weighted by atomic mass is 10.1. The van der Waals surface area contributed by atoms with Crippen molar-refractivity contribution < 1.29 is 48.0 Å². The highest BCUT2D eigenvalue weighted by Gasteiger charge is 2.41. The van der Waals surface area contributed by atoms with E-state index in [-0.39, 0.29) is 16.7 Å². The summed E-state index contributed by atoms with van der Waals surface area (Å²) in [6.45, 7) is 1.82. The zero-order chi connectivity index (χ0) is 29.2. The fraction of sp³-hybridized carbons (Fsp3) is 0.179. The number of aliphatic carboxylic acids is 1. The standard InChI is InChI=1S/C28H26N2O10/c1-16-10-12-17(13-11-16)24(31)29-30-25(32)22(39-27(35)18-6-4-8-20(14-18)37-2)23(26(33)34)40-28(36)19-7-5-9-21(15-19)38-3/h4-15,22-23H,1-3H3,(H,29,31)(H,30,32)(H,33,34)/t22-,23-/m1/s1. The van der Waals surface area contributed by atoms with Crippen molar-refractivity contribution in [3.8, 4) is 11.5 Å². The van der Waals surface area contributed by atoms with Gasteiger partial charge in [0.25, 0.3) is 11.8 Å². The van der Waals surface area contributed by atoms with Gasteiger partial charge in [-0.25, -0.2) is 14.4 Å². The average molecular weight is 551 g/mol. The fourth-order valence-corrected chi connectivity index (χ4v) is 3.33. The van der Waals surface area contributed by atoms with Crippen LogP contribution in [-0.2, 0) is 19.1 Å². The Labute approximate surface area is 228 Å². The lowest BCUT2D eigenvalue weighted by Crippen LogP contribution is -2.54. The van der Waals surface area contributed by atoms with Crippen molar-refractivity contribution in [1.82, 2.24) is 10.9 Å². The van der Waals surface area contributed by atoms with Gasteiger partial charge in [-0.3, -0.25) is 20.4 Å². The Bertz CT molecular complexity index is 1400. The summed E-state index contributed by atoms with van der Waals surface area (Å²) in [5.74, 6) is -5.47. The number of ether oxygens (including phenoxy) is 4. The van der Waals surface area contributed by atoms with Crippen molar-refractivity contribution in [2.24, 2.45) is 0 Å². The first-order chi connectivity index (χ1) is 19.1. The Morgan fingerprint density at radius 1 is 0.675 bits per heavy atom. The largest absolute Gasteiger partial charge is 0.497 e. The number of hydrazine groups is 1. The Morgan fingerprint density at radius 2 is 1.18 bits per heavy atom. The van der Waals surface area contributed by atoms with Gasteiger partial charge < -0.3 is 24.1 Å². The van der Waals surface area contributed by atoms with Crippen molar-refractivity contribution in [2.75, 3.05) is 14.2 Å². The summed E-state index contributed by atoms with van der Waals surface area (Å²) in [6, 6.07) is 17.7. The highest BCUT2D eigenvalue weighted by atomic mass is 16.6. The second kappa shape index (κ2) is 13.4. The van der Waals surface area contributed by atoms with Crippen LogP contribution < -0.4 is 20.3 Å². The summed E-state index contributed by atoms with van der Waals surface area (Å²) in [6.07, 6.45) is -4.52. The maximum atomic E-state index is 13.1. The number of hydrogen-bond acceptors (Lipinski definition) is 9. The van der Waals surface area contributed by atoms with Crippen LogP contribution in [0.15, 0.2) is 72.8 Å². The van der Waals surface area contributed by atoms with E-state index in [2.05, 4.69) is 5.43 Å². The minimum absolute atomic E-state index is 0.0795.